The molecule has 0 fully saturated rings. The largest absolute Gasteiger partial charge is 0.383 e. The first kappa shape index (κ1) is 15.0. The summed E-state index contributed by atoms with van der Waals surface area (Å²) < 4.78 is 33.6. The monoisotopic (exact) mass is 259 g/mol. The fourth-order valence-electron chi connectivity index (χ4n) is 1.60. The molecule has 1 rings (SSSR count). The van der Waals surface area contributed by atoms with E-state index in [2.05, 4.69) is 5.32 Å². The van der Waals surface area contributed by atoms with Crippen LogP contribution >= 0.6 is 0 Å². The lowest BCUT2D eigenvalue weighted by Gasteiger charge is -2.18. The maximum atomic E-state index is 11.8. The third-order valence-electron chi connectivity index (χ3n) is 2.42. The van der Waals surface area contributed by atoms with Gasteiger partial charge in [-0.3, -0.25) is 0 Å². The van der Waals surface area contributed by atoms with Gasteiger partial charge in [-0.25, -0.2) is 8.78 Å². The van der Waals surface area contributed by atoms with E-state index in [9.17, 15) is 8.78 Å². The van der Waals surface area contributed by atoms with Gasteiger partial charge in [-0.1, -0.05) is 30.3 Å². The Morgan fingerprint density at radius 3 is 2.50 bits per heavy atom. The van der Waals surface area contributed by atoms with Crippen LogP contribution in [0, 0.1) is 0 Å². The first-order valence-electron chi connectivity index (χ1n) is 5.87. The van der Waals surface area contributed by atoms with Crippen molar-refractivity contribution in [2.45, 2.75) is 12.5 Å². The second kappa shape index (κ2) is 8.97. The summed E-state index contributed by atoms with van der Waals surface area (Å²) in [4.78, 5) is 0. The highest BCUT2D eigenvalue weighted by Gasteiger charge is 2.09. The highest BCUT2D eigenvalue weighted by Crippen LogP contribution is 2.12. The lowest BCUT2D eigenvalue weighted by molar-refractivity contribution is 0.0174. The van der Waals surface area contributed by atoms with Crippen molar-refractivity contribution in [3.05, 3.63) is 35.9 Å². The van der Waals surface area contributed by atoms with Crippen LogP contribution in [-0.4, -0.2) is 39.9 Å². The van der Waals surface area contributed by atoms with Gasteiger partial charge in [0, 0.05) is 13.7 Å². The Labute approximate surface area is 106 Å². The molecular weight excluding hydrogens is 240 g/mol. The number of methoxy groups -OCH3 is 1. The van der Waals surface area contributed by atoms with E-state index < -0.39 is 13.0 Å². The number of rotatable bonds is 9. The third kappa shape index (κ3) is 6.05. The molecule has 0 saturated heterocycles. The lowest BCUT2D eigenvalue weighted by Crippen LogP contribution is -2.28. The van der Waals surface area contributed by atoms with Crippen LogP contribution in [0.5, 0.6) is 0 Å². The number of hydrogen-bond acceptors (Lipinski definition) is 3. The normalized spacial score (nSPS) is 12.9. The zero-order valence-electron chi connectivity index (χ0n) is 10.4. The van der Waals surface area contributed by atoms with Crippen molar-refractivity contribution in [1.82, 2.24) is 5.32 Å². The zero-order chi connectivity index (χ0) is 13.2. The van der Waals surface area contributed by atoms with E-state index in [4.69, 9.17) is 9.47 Å². The Morgan fingerprint density at radius 1 is 1.17 bits per heavy atom. The van der Waals surface area contributed by atoms with Gasteiger partial charge >= 0.3 is 0 Å². The summed E-state index contributed by atoms with van der Waals surface area (Å²) >= 11 is 0. The first-order valence-corrected chi connectivity index (χ1v) is 5.87. The summed E-state index contributed by atoms with van der Waals surface area (Å²) in [5.41, 5.74) is 1.10. The number of ether oxygens (including phenoxy) is 2. The van der Waals surface area contributed by atoms with Crippen LogP contribution in [0.4, 0.5) is 8.78 Å². The van der Waals surface area contributed by atoms with Crippen LogP contribution in [0.15, 0.2) is 30.3 Å². The molecule has 0 aliphatic carbocycles. The number of nitrogens with one attached hydrogen (secondary N) is 1. The van der Waals surface area contributed by atoms with Crippen LogP contribution < -0.4 is 5.32 Å². The minimum atomic E-state index is -2.41. The molecule has 1 aromatic carbocycles. The van der Waals surface area contributed by atoms with Gasteiger partial charge in [0.25, 0.3) is 6.43 Å². The average Bonchev–Trinajstić information content (AvgIpc) is 2.38. The molecular formula is C13H19F2NO2. The van der Waals surface area contributed by atoms with Crippen LogP contribution in [0.3, 0.4) is 0 Å². The van der Waals surface area contributed by atoms with Crippen molar-refractivity contribution in [2.24, 2.45) is 0 Å². The van der Waals surface area contributed by atoms with E-state index in [-0.39, 0.29) is 12.6 Å². The lowest BCUT2D eigenvalue weighted by atomic mass is 10.1. The Bertz CT molecular complexity index is 309. The molecule has 0 saturated carbocycles. The highest BCUT2D eigenvalue weighted by molar-refractivity contribution is 5.18. The van der Waals surface area contributed by atoms with Gasteiger partial charge in [-0.15, -0.1) is 0 Å². The molecule has 0 radical (unpaired) electrons. The standard InChI is InChI=1S/C13H19F2NO2/c1-17-9-12(11-5-3-2-4-6-11)16-7-8-18-10-13(14)15/h2-6,12-13,16H,7-10H2,1H3. The van der Waals surface area contributed by atoms with Gasteiger partial charge in [0.15, 0.2) is 0 Å². The average molecular weight is 259 g/mol. The molecule has 0 heterocycles. The second-order valence-electron chi connectivity index (χ2n) is 3.84. The van der Waals surface area contributed by atoms with Gasteiger partial charge in [-0.2, -0.15) is 0 Å². The zero-order valence-corrected chi connectivity index (χ0v) is 10.4. The summed E-state index contributed by atoms with van der Waals surface area (Å²) in [6.45, 7) is 0.786. The van der Waals surface area contributed by atoms with E-state index in [0.29, 0.717) is 13.2 Å². The van der Waals surface area contributed by atoms with Crippen LogP contribution in [0.1, 0.15) is 11.6 Å². The Morgan fingerprint density at radius 2 is 1.89 bits per heavy atom. The molecule has 0 amide bonds. The topological polar surface area (TPSA) is 30.5 Å². The SMILES string of the molecule is COCC(NCCOCC(F)F)c1ccccc1. The number of benzene rings is 1. The molecule has 102 valence electrons. The van der Waals surface area contributed by atoms with Crippen LogP contribution in [-0.2, 0) is 9.47 Å². The van der Waals surface area contributed by atoms with Gasteiger partial charge in [0.05, 0.1) is 19.3 Å². The number of alkyl halides is 2. The van der Waals surface area contributed by atoms with Gasteiger partial charge in [0.2, 0.25) is 0 Å². The molecule has 0 bridgehead atoms. The van der Waals surface area contributed by atoms with Crippen molar-refractivity contribution in [2.75, 3.05) is 33.5 Å². The summed E-state index contributed by atoms with van der Waals surface area (Å²) in [5.74, 6) is 0. The van der Waals surface area contributed by atoms with E-state index in [1.165, 1.54) is 0 Å². The maximum absolute atomic E-state index is 11.8. The molecule has 3 nitrogen and oxygen atoms in total. The van der Waals surface area contributed by atoms with Crippen molar-refractivity contribution in [3.63, 3.8) is 0 Å². The van der Waals surface area contributed by atoms with Gasteiger partial charge in [-0.05, 0) is 5.56 Å². The van der Waals surface area contributed by atoms with Gasteiger partial charge < -0.3 is 14.8 Å². The van der Waals surface area contributed by atoms with Crippen molar-refractivity contribution < 1.29 is 18.3 Å². The Hall–Kier alpha value is -1.04. The first-order chi connectivity index (χ1) is 8.74. The van der Waals surface area contributed by atoms with Crippen LogP contribution in [0.2, 0.25) is 0 Å². The molecule has 1 aromatic rings. The Balaban J connectivity index is 2.31. The minimum absolute atomic E-state index is 0.0475. The molecule has 5 heteroatoms. The number of hydrogen-bond donors (Lipinski definition) is 1. The second-order valence-corrected chi connectivity index (χ2v) is 3.84. The van der Waals surface area contributed by atoms with E-state index in [1.54, 1.807) is 7.11 Å². The van der Waals surface area contributed by atoms with Crippen molar-refractivity contribution in [3.8, 4) is 0 Å². The highest BCUT2D eigenvalue weighted by atomic mass is 19.3. The van der Waals surface area contributed by atoms with Gasteiger partial charge in [0.1, 0.15) is 6.61 Å². The molecule has 1 N–H and O–H groups in total. The fourth-order valence-corrected chi connectivity index (χ4v) is 1.60. The fraction of sp³-hybridized carbons (Fsp3) is 0.538. The van der Waals surface area contributed by atoms with E-state index in [0.717, 1.165) is 5.56 Å². The molecule has 0 aliphatic rings. The summed E-state index contributed by atoms with van der Waals surface area (Å²) in [5, 5.41) is 3.22. The summed E-state index contributed by atoms with van der Waals surface area (Å²) in [6, 6.07) is 9.89. The molecule has 18 heavy (non-hydrogen) atoms. The van der Waals surface area contributed by atoms with E-state index in [1.807, 2.05) is 30.3 Å². The maximum Gasteiger partial charge on any atom is 0.261 e. The summed E-state index contributed by atoms with van der Waals surface area (Å²) in [7, 11) is 1.63. The molecule has 0 aliphatic heterocycles. The number of halogens is 2. The smallest absolute Gasteiger partial charge is 0.261 e. The predicted molar refractivity (Wildman–Crippen MR) is 65.9 cm³/mol. The third-order valence-corrected chi connectivity index (χ3v) is 2.42. The van der Waals surface area contributed by atoms with Crippen molar-refractivity contribution >= 4 is 0 Å². The van der Waals surface area contributed by atoms with Crippen molar-refractivity contribution in [1.29, 1.82) is 0 Å². The molecule has 0 spiro atoms. The van der Waals surface area contributed by atoms with Crippen LogP contribution in [0.25, 0.3) is 0 Å². The quantitative estimate of drug-likeness (QED) is 0.690. The predicted octanol–water partition coefficient (Wildman–Crippen LogP) is 2.25. The molecule has 0 aromatic heterocycles. The summed E-state index contributed by atoms with van der Waals surface area (Å²) in [6.07, 6.45) is -2.41. The molecule has 1 unspecified atom stereocenters. The molecule has 1 atom stereocenters. The van der Waals surface area contributed by atoms with E-state index >= 15 is 0 Å². The minimum Gasteiger partial charge on any atom is -0.383 e. The Kier molecular flexibility index (Phi) is 7.48.